The Kier molecular flexibility index (Phi) is 5.85. The first-order chi connectivity index (χ1) is 8.50. The molecule has 5 heteroatoms. The highest BCUT2D eigenvalue weighted by atomic mass is 16.6. The van der Waals surface area contributed by atoms with E-state index in [-0.39, 0.29) is 18.3 Å². The topological polar surface area (TPSA) is 72.8 Å². The highest BCUT2D eigenvalue weighted by Crippen LogP contribution is 2.21. The lowest BCUT2D eigenvalue weighted by atomic mass is 9.97. The van der Waals surface area contributed by atoms with Crippen LogP contribution in [0, 0.1) is 0 Å². The first kappa shape index (κ1) is 14.7. The fourth-order valence-corrected chi connectivity index (χ4v) is 1.88. The van der Waals surface area contributed by atoms with Crippen molar-refractivity contribution in [2.24, 2.45) is 0 Å². The number of hydrogen-bond acceptors (Lipinski definition) is 4. The molecule has 1 aliphatic carbocycles. The molecule has 1 fully saturated rings. The SMILES string of the molecule is C=C(C)C(=O)OCC(OC1CCCCC1)C(=O)O. The van der Waals surface area contributed by atoms with Crippen LogP contribution in [0.15, 0.2) is 12.2 Å². The normalized spacial score (nSPS) is 18.1. The van der Waals surface area contributed by atoms with Gasteiger partial charge in [0.1, 0.15) is 6.61 Å². The molecule has 5 nitrogen and oxygen atoms in total. The zero-order valence-corrected chi connectivity index (χ0v) is 10.7. The quantitative estimate of drug-likeness (QED) is 0.580. The Hall–Kier alpha value is -1.36. The maximum atomic E-state index is 11.2. The van der Waals surface area contributed by atoms with Gasteiger partial charge in [-0.05, 0) is 19.8 Å². The Morgan fingerprint density at radius 1 is 1.33 bits per heavy atom. The van der Waals surface area contributed by atoms with Crippen molar-refractivity contribution in [1.82, 2.24) is 0 Å². The van der Waals surface area contributed by atoms with Crippen LogP contribution >= 0.6 is 0 Å². The maximum Gasteiger partial charge on any atom is 0.336 e. The van der Waals surface area contributed by atoms with E-state index in [1.807, 2.05) is 0 Å². The number of hydrogen-bond donors (Lipinski definition) is 1. The van der Waals surface area contributed by atoms with Crippen LogP contribution in [-0.4, -0.2) is 35.9 Å². The predicted octanol–water partition coefficient (Wildman–Crippen LogP) is 1.91. The van der Waals surface area contributed by atoms with Crippen molar-refractivity contribution in [3.63, 3.8) is 0 Å². The van der Waals surface area contributed by atoms with Crippen LogP contribution in [-0.2, 0) is 19.1 Å². The van der Waals surface area contributed by atoms with Crippen LogP contribution in [0.3, 0.4) is 0 Å². The number of carbonyl (C=O) groups is 2. The summed E-state index contributed by atoms with van der Waals surface area (Å²) in [6.07, 6.45) is 3.91. The smallest absolute Gasteiger partial charge is 0.336 e. The number of rotatable bonds is 6. The average molecular weight is 256 g/mol. The molecule has 18 heavy (non-hydrogen) atoms. The minimum Gasteiger partial charge on any atom is -0.479 e. The molecule has 0 aliphatic heterocycles. The monoisotopic (exact) mass is 256 g/mol. The van der Waals surface area contributed by atoms with Crippen LogP contribution < -0.4 is 0 Å². The van der Waals surface area contributed by atoms with Crippen molar-refractivity contribution >= 4 is 11.9 Å². The summed E-state index contributed by atoms with van der Waals surface area (Å²) in [5.74, 6) is -1.69. The van der Waals surface area contributed by atoms with Gasteiger partial charge in [-0.1, -0.05) is 25.8 Å². The van der Waals surface area contributed by atoms with Crippen molar-refractivity contribution in [1.29, 1.82) is 0 Å². The van der Waals surface area contributed by atoms with Gasteiger partial charge in [0.2, 0.25) is 0 Å². The zero-order valence-electron chi connectivity index (χ0n) is 10.7. The highest BCUT2D eigenvalue weighted by molar-refractivity contribution is 5.87. The lowest BCUT2D eigenvalue weighted by molar-refractivity contribution is -0.164. The van der Waals surface area contributed by atoms with Crippen LogP contribution in [0.25, 0.3) is 0 Å². The maximum absolute atomic E-state index is 11.2. The average Bonchev–Trinajstić information content (AvgIpc) is 2.34. The van der Waals surface area contributed by atoms with Gasteiger partial charge >= 0.3 is 11.9 Å². The molecule has 0 aromatic heterocycles. The van der Waals surface area contributed by atoms with Crippen molar-refractivity contribution in [2.75, 3.05) is 6.61 Å². The molecule has 0 aromatic rings. The number of aliphatic carboxylic acids is 1. The van der Waals surface area contributed by atoms with Gasteiger partial charge < -0.3 is 14.6 Å². The second kappa shape index (κ2) is 7.16. The van der Waals surface area contributed by atoms with Crippen LogP contribution in [0.2, 0.25) is 0 Å². The number of carboxylic acids is 1. The van der Waals surface area contributed by atoms with Crippen molar-refractivity contribution in [3.05, 3.63) is 12.2 Å². The van der Waals surface area contributed by atoms with Crippen molar-refractivity contribution in [3.8, 4) is 0 Å². The fraction of sp³-hybridized carbons (Fsp3) is 0.692. The molecular weight excluding hydrogens is 236 g/mol. The van der Waals surface area contributed by atoms with Gasteiger partial charge in [0, 0.05) is 5.57 Å². The Labute approximate surface area is 107 Å². The van der Waals surface area contributed by atoms with E-state index < -0.39 is 18.0 Å². The summed E-state index contributed by atoms with van der Waals surface area (Å²) in [7, 11) is 0. The number of esters is 1. The van der Waals surface area contributed by atoms with E-state index in [1.165, 1.54) is 13.3 Å². The molecule has 0 spiro atoms. The molecule has 0 amide bonds. The second-order valence-electron chi connectivity index (χ2n) is 4.60. The van der Waals surface area contributed by atoms with Crippen molar-refractivity contribution in [2.45, 2.75) is 51.2 Å². The summed E-state index contributed by atoms with van der Waals surface area (Å²) in [5, 5.41) is 9.02. The third-order valence-corrected chi connectivity index (χ3v) is 2.90. The molecule has 1 atom stereocenters. The van der Waals surface area contributed by atoms with E-state index in [9.17, 15) is 9.59 Å². The number of carbonyl (C=O) groups excluding carboxylic acids is 1. The van der Waals surface area contributed by atoms with Crippen LogP contribution in [0.1, 0.15) is 39.0 Å². The standard InChI is InChI=1S/C13H20O5/c1-9(2)13(16)17-8-11(12(14)15)18-10-6-4-3-5-7-10/h10-11H,1,3-8H2,2H3,(H,14,15). The Balaban J connectivity index is 2.41. The summed E-state index contributed by atoms with van der Waals surface area (Å²) >= 11 is 0. The van der Waals surface area contributed by atoms with E-state index in [0.29, 0.717) is 0 Å². The van der Waals surface area contributed by atoms with Gasteiger partial charge in [0.05, 0.1) is 6.10 Å². The lowest BCUT2D eigenvalue weighted by Gasteiger charge is -2.25. The second-order valence-corrected chi connectivity index (χ2v) is 4.60. The minimum absolute atomic E-state index is 0.0385. The van der Waals surface area contributed by atoms with Crippen LogP contribution in [0.4, 0.5) is 0 Å². The first-order valence-corrected chi connectivity index (χ1v) is 6.21. The van der Waals surface area contributed by atoms with E-state index in [1.54, 1.807) is 0 Å². The van der Waals surface area contributed by atoms with Gasteiger partial charge in [0.25, 0.3) is 0 Å². The van der Waals surface area contributed by atoms with Gasteiger partial charge in [-0.3, -0.25) is 0 Å². The molecule has 0 bridgehead atoms. The summed E-state index contributed by atoms with van der Waals surface area (Å²) in [6.45, 7) is 4.68. The summed E-state index contributed by atoms with van der Waals surface area (Å²) in [5.41, 5.74) is 0.247. The van der Waals surface area contributed by atoms with Crippen molar-refractivity contribution < 1.29 is 24.2 Å². The Bertz CT molecular complexity index is 317. The molecule has 102 valence electrons. The molecular formula is C13H20O5. The van der Waals surface area contributed by atoms with Gasteiger partial charge in [-0.25, -0.2) is 9.59 Å². The first-order valence-electron chi connectivity index (χ1n) is 6.21. The number of carboxylic acid groups (broad SMARTS) is 1. The molecule has 0 saturated heterocycles. The van der Waals surface area contributed by atoms with E-state index in [2.05, 4.69) is 6.58 Å². The zero-order chi connectivity index (χ0) is 13.5. The fourth-order valence-electron chi connectivity index (χ4n) is 1.88. The predicted molar refractivity (Wildman–Crippen MR) is 65.2 cm³/mol. The molecule has 1 saturated carbocycles. The highest BCUT2D eigenvalue weighted by Gasteiger charge is 2.25. The lowest BCUT2D eigenvalue weighted by Crippen LogP contribution is -2.35. The largest absolute Gasteiger partial charge is 0.479 e. The molecule has 0 heterocycles. The molecule has 1 N–H and O–H groups in total. The Morgan fingerprint density at radius 2 is 1.94 bits per heavy atom. The molecule has 0 radical (unpaired) electrons. The summed E-state index contributed by atoms with van der Waals surface area (Å²) in [6, 6.07) is 0. The van der Waals surface area contributed by atoms with Crippen LogP contribution in [0.5, 0.6) is 0 Å². The molecule has 1 unspecified atom stereocenters. The molecule has 1 rings (SSSR count). The molecule has 0 aromatic carbocycles. The minimum atomic E-state index is -1.10. The number of ether oxygens (including phenoxy) is 2. The van der Waals surface area contributed by atoms with Gasteiger partial charge in [-0.2, -0.15) is 0 Å². The van der Waals surface area contributed by atoms with E-state index >= 15 is 0 Å². The van der Waals surface area contributed by atoms with E-state index in [0.717, 1.165) is 25.7 Å². The summed E-state index contributed by atoms with van der Waals surface area (Å²) in [4.78, 5) is 22.2. The Morgan fingerprint density at radius 3 is 2.44 bits per heavy atom. The van der Waals surface area contributed by atoms with Gasteiger partial charge in [0.15, 0.2) is 6.10 Å². The third-order valence-electron chi connectivity index (χ3n) is 2.90. The van der Waals surface area contributed by atoms with E-state index in [4.69, 9.17) is 14.6 Å². The third kappa shape index (κ3) is 4.87. The van der Waals surface area contributed by atoms with Gasteiger partial charge in [-0.15, -0.1) is 0 Å². The summed E-state index contributed by atoms with van der Waals surface area (Å²) < 4.78 is 10.3. The molecule has 1 aliphatic rings.